The van der Waals surface area contributed by atoms with E-state index in [1.807, 2.05) is 13.8 Å². The van der Waals surface area contributed by atoms with Gasteiger partial charge in [0, 0.05) is 11.1 Å². The molecule has 19 heavy (non-hydrogen) atoms. The molecular weight excluding hydrogens is 268 g/mol. The molecule has 4 nitrogen and oxygen atoms in total. The van der Waals surface area contributed by atoms with Gasteiger partial charge in [0.2, 0.25) is 0 Å². The molecule has 0 saturated carbocycles. The van der Waals surface area contributed by atoms with Crippen LogP contribution in [0.15, 0.2) is 12.1 Å². The SMILES string of the molecule is CCOC(=O)Cc1cc(OCC)c(OCC)cc1Cl. The lowest BCUT2D eigenvalue weighted by Gasteiger charge is -2.13. The molecule has 106 valence electrons. The summed E-state index contributed by atoms with van der Waals surface area (Å²) in [7, 11) is 0. The molecule has 0 heterocycles. The number of hydrogen-bond acceptors (Lipinski definition) is 4. The van der Waals surface area contributed by atoms with Crippen molar-refractivity contribution in [3.63, 3.8) is 0 Å². The lowest BCUT2D eigenvalue weighted by atomic mass is 10.1. The van der Waals surface area contributed by atoms with Crippen LogP contribution in [0, 0.1) is 0 Å². The second-order valence-electron chi connectivity index (χ2n) is 3.74. The van der Waals surface area contributed by atoms with Crippen molar-refractivity contribution in [2.24, 2.45) is 0 Å². The Labute approximate surface area is 118 Å². The molecule has 0 aliphatic rings. The molecule has 0 fully saturated rings. The average molecular weight is 287 g/mol. The minimum atomic E-state index is -0.309. The molecular formula is C14H19ClO4. The van der Waals surface area contributed by atoms with E-state index in [-0.39, 0.29) is 12.4 Å². The molecule has 0 aromatic heterocycles. The highest BCUT2D eigenvalue weighted by molar-refractivity contribution is 6.31. The van der Waals surface area contributed by atoms with E-state index in [0.29, 0.717) is 41.9 Å². The largest absolute Gasteiger partial charge is 0.490 e. The summed E-state index contributed by atoms with van der Waals surface area (Å²) in [5.41, 5.74) is 0.673. The molecule has 0 saturated heterocycles. The quantitative estimate of drug-likeness (QED) is 0.722. The third-order valence-electron chi connectivity index (χ3n) is 2.35. The fraction of sp³-hybridized carbons (Fsp3) is 0.500. The van der Waals surface area contributed by atoms with Gasteiger partial charge in [-0.15, -0.1) is 0 Å². The van der Waals surface area contributed by atoms with Crippen LogP contribution in [-0.4, -0.2) is 25.8 Å². The van der Waals surface area contributed by atoms with Gasteiger partial charge in [-0.05, 0) is 32.4 Å². The highest BCUT2D eigenvalue weighted by atomic mass is 35.5. The molecule has 0 aliphatic heterocycles. The Hall–Kier alpha value is -1.42. The molecule has 5 heteroatoms. The average Bonchev–Trinajstić information content (AvgIpc) is 2.35. The number of carbonyl (C=O) groups is 1. The summed E-state index contributed by atoms with van der Waals surface area (Å²) in [6.07, 6.45) is 0.124. The van der Waals surface area contributed by atoms with Crippen molar-refractivity contribution in [1.82, 2.24) is 0 Å². The summed E-state index contributed by atoms with van der Waals surface area (Å²) in [6.45, 7) is 6.93. The van der Waals surface area contributed by atoms with Gasteiger partial charge in [-0.1, -0.05) is 11.6 Å². The predicted molar refractivity (Wildman–Crippen MR) is 74.1 cm³/mol. The Bertz CT molecular complexity index is 432. The molecule has 1 aromatic rings. The maximum atomic E-state index is 11.5. The highest BCUT2D eigenvalue weighted by Gasteiger charge is 2.14. The number of ether oxygens (including phenoxy) is 3. The summed E-state index contributed by atoms with van der Waals surface area (Å²) >= 11 is 6.14. The van der Waals surface area contributed by atoms with Crippen LogP contribution in [-0.2, 0) is 16.0 Å². The van der Waals surface area contributed by atoms with Crippen LogP contribution >= 0.6 is 11.6 Å². The maximum Gasteiger partial charge on any atom is 0.310 e. The molecule has 0 N–H and O–H groups in total. The van der Waals surface area contributed by atoms with E-state index in [1.54, 1.807) is 19.1 Å². The first-order valence-electron chi connectivity index (χ1n) is 6.35. The molecule has 1 rings (SSSR count). The van der Waals surface area contributed by atoms with Crippen molar-refractivity contribution in [2.75, 3.05) is 19.8 Å². The van der Waals surface area contributed by atoms with Gasteiger partial charge in [0.1, 0.15) is 0 Å². The number of halogens is 1. The topological polar surface area (TPSA) is 44.8 Å². The van der Waals surface area contributed by atoms with Gasteiger partial charge < -0.3 is 14.2 Å². The van der Waals surface area contributed by atoms with E-state index in [1.165, 1.54) is 0 Å². The molecule has 0 unspecified atom stereocenters. The fourth-order valence-corrected chi connectivity index (χ4v) is 1.84. The van der Waals surface area contributed by atoms with E-state index in [0.717, 1.165) is 0 Å². The van der Waals surface area contributed by atoms with E-state index >= 15 is 0 Å². The van der Waals surface area contributed by atoms with E-state index < -0.39 is 0 Å². The second kappa shape index (κ2) is 7.89. The Morgan fingerprint density at radius 1 is 1.05 bits per heavy atom. The number of benzene rings is 1. The zero-order valence-corrected chi connectivity index (χ0v) is 12.3. The molecule has 0 aliphatic carbocycles. The minimum absolute atomic E-state index is 0.124. The van der Waals surface area contributed by atoms with Crippen molar-refractivity contribution >= 4 is 17.6 Å². The first kappa shape index (κ1) is 15.6. The minimum Gasteiger partial charge on any atom is -0.490 e. The number of carbonyl (C=O) groups excluding carboxylic acids is 1. The van der Waals surface area contributed by atoms with E-state index in [4.69, 9.17) is 25.8 Å². The summed E-state index contributed by atoms with van der Waals surface area (Å²) in [4.78, 5) is 11.5. The first-order chi connectivity index (χ1) is 9.12. The monoisotopic (exact) mass is 286 g/mol. The molecule has 0 atom stereocenters. The summed E-state index contributed by atoms with van der Waals surface area (Å²) < 4.78 is 15.9. The number of esters is 1. The van der Waals surface area contributed by atoms with Gasteiger partial charge in [0.05, 0.1) is 26.2 Å². The van der Waals surface area contributed by atoms with Crippen molar-refractivity contribution in [1.29, 1.82) is 0 Å². The van der Waals surface area contributed by atoms with Crippen LogP contribution in [0.2, 0.25) is 5.02 Å². The fourth-order valence-electron chi connectivity index (χ4n) is 1.62. The van der Waals surface area contributed by atoms with Gasteiger partial charge in [0.15, 0.2) is 11.5 Å². The van der Waals surface area contributed by atoms with Crippen LogP contribution in [0.1, 0.15) is 26.3 Å². The Balaban J connectivity index is 2.98. The zero-order valence-electron chi connectivity index (χ0n) is 11.5. The third kappa shape index (κ3) is 4.63. The zero-order chi connectivity index (χ0) is 14.3. The Kier molecular flexibility index (Phi) is 6.50. The summed E-state index contributed by atoms with van der Waals surface area (Å²) in [5.74, 6) is 0.867. The van der Waals surface area contributed by atoms with Gasteiger partial charge in [-0.2, -0.15) is 0 Å². The van der Waals surface area contributed by atoms with Crippen molar-refractivity contribution in [2.45, 2.75) is 27.2 Å². The summed E-state index contributed by atoms with van der Waals surface area (Å²) in [6, 6.07) is 3.40. The van der Waals surface area contributed by atoms with E-state index in [2.05, 4.69) is 0 Å². The van der Waals surface area contributed by atoms with Gasteiger partial charge in [-0.3, -0.25) is 4.79 Å². The molecule has 0 bridgehead atoms. The molecule has 1 aromatic carbocycles. The van der Waals surface area contributed by atoms with Crippen molar-refractivity contribution in [3.05, 3.63) is 22.7 Å². The lowest BCUT2D eigenvalue weighted by molar-refractivity contribution is -0.142. The maximum absolute atomic E-state index is 11.5. The Morgan fingerprint density at radius 3 is 2.16 bits per heavy atom. The predicted octanol–water partition coefficient (Wildman–Crippen LogP) is 3.24. The van der Waals surface area contributed by atoms with Crippen molar-refractivity contribution in [3.8, 4) is 11.5 Å². The Morgan fingerprint density at radius 2 is 1.63 bits per heavy atom. The first-order valence-corrected chi connectivity index (χ1v) is 6.73. The van der Waals surface area contributed by atoms with Crippen molar-refractivity contribution < 1.29 is 19.0 Å². The van der Waals surface area contributed by atoms with Crippen LogP contribution in [0.3, 0.4) is 0 Å². The second-order valence-corrected chi connectivity index (χ2v) is 4.15. The van der Waals surface area contributed by atoms with Gasteiger partial charge >= 0.3 is 5.97 Å². The van der Waals surface area contributed by atoms with Gasteiger partial charge in [-0.25, -0.2) is 0 Å². The van der Waals surface area contributed by atoms with Crippen LogP contribution < -0.4 is 9.47 Å². The normalized spacial score (nSPS) is 10.1. The summed E-state index contributed by atoms with van der Waals surface area (Å²) in [5, 5.41) is 0.472. The van der Waals surface area contributed by atoms with E-state index in [9.17, 15) is 4.79 Å². The smallest absolute Gasteiger partial charge is 0.310 e. The molecule has 0 spiro atoms. The van der Waals surface area contributed by atoms with Crippen LogP contribution in [0.5, 0.6) is 11.5 Å². The molecule has 0 amide bonds. The molecule has 0 radical (unpaired) electrons. The third-order valence-corrected chi connectivity index (χ3v) is 2.70. The van der Waals surface area contributed by atoms with Gasteiger partial charge in [0.25, 0.3) is 0 Å². The van der Waals surface area contributed by atoms with Crippen LogP contribution in [0.25, 0.3) is 0 Å². The van der Waals surface area contributed by atoms with Crippen LogP contribution in [0.4, 0.5) is 0 Å². The highest BCUT2D eigenvalue weighted by Crippen LogP contribution is 2.34. The number of rotatable bonds is 7. The standard InChI is InChI=1S/C14H19ClO4/c1-4-17-12-7-10(8-14(16)19-6-3)11(15)9-13(12)18-5-2/h7,9H,4-6,8H2,1-3H3. The number of hydrogen-bond donors (Lipinski definition) is 0. The lowest BCUT2D eigenvalue weighted by Crippen LogP contribution is -2.08.